The lowest BCUT2D eigenvalue weighted by atomic mass is 9.74. The van der Waals surface area contributed by atoms with Crippen molar-refractivity contribution >= 4 is 5.91 Å². The van der Waals surface area contributed by atoms with Crippen LogP contribution in [0.5, 0.6) is 0 Å². The van der Waals surface area contributed by atoms with Crippen molar-refractivity contribution in [3.8, 4) is 0 Å². The Balaban J connectivity index is 1.19. The minimum atomic E-state index is 0.247. The summed E-state index contributed by atoms with van der Waals surface area (Å²) in [5, 5.41) is 7.52. The number of aromatic nitrogens is 2. The monoisotopic (exact) mass is 396 g/mol. The molecule has 4 atom stereocenters. The second-order valence-electron chi connectivity index (χ2n) is 10.7. The third-order valence-electron chi connectivity index (χ3n) is 8.80. The number of rotatable bonds is 3. The van der Waals surface area contributed by atoms with Crippen molar-refractivity contribution in [2.24, 2.45) is 17.8 Å². The molecule has 1 amide bonds. The Morgan fingerprint density at radius 1 is 0.897 bits per heavy atom. The van der Waals surface area contributed by atoms with Gasteiger partial charge in [-0.25, -0.2) is 0 Å². The summed E-state index contributed by atoms with van der Waals surface area (Å²) in [7, 11) is 0. The molecular formula is C24H36N4O. The lowest BCUT2D eigenvalue weighted by Gasteiger charge is -2.55. The fourth-order valence-corrected chi connectivity index (χ4v) is 7.34. The molecule has 2 bridgehead atoms. The van der Waals surface area contributed by atoms with Gasteiger partial charge in [-0.05, 0) is 62.7 Å². The van der Waals surface area contributed by atoms with E-state index in [4.69, 9.17) is 0 Å². The minimum absolute atomic E-state index is 0.247. The third kappa shape index (κ3) is 3.34. The number of nitrogens with zero attached hydrogens (tertiary/aromatic N) is 3. The summed E-state index contributed by atoms with van der Waals surface area (Å²) in [4.78, 5) is 18.7. The summed E-state index contributed by atoms with van der Waals surface area (Å²) in [6.45, 7) is 3.14. The maximum absolute atomic E-state index is 13.6. The molecule has 0 radical (unpaired) electrons. The molecule has 1 aromatic rings. The van der Waals surface area contributed by atoms with E-state index in [2.05, 4.69) is 20.0 Å². The average molecular weight is 397 g/mol. The molecule has 6 rings (SSSR count). The third-order valence-corrected chi connectivity index (χ3v) is 8.80. The maximum Gasteiger partial charge on any atom is 0.257 e. The molecule has 3 saturated heterocycles. The van der Waals surface area contributed by atoms with E-state index in [1.165, 1.54) is 77.2 Å². The van der Waals surface area contributed by atoms with Crippen LogP contribution in [0.15, 0.2) is 6.20 Å². The van der Waals surface area contributed by atoms with Gasteiger partial charge in [0.1, 0.15) is 0 Å². The molecule has 5 aliphatic rings. The van der Waals surface area contributed by atoms with E-state index in [1.807, 2.05) is 6.20 Å². The van der Waals surface area contributed by atoms with Crippen LogP contribution in [0.25, 0.3) is 0 Å². The van der Waals surface area contributed by atoms with Crippen LogP contribution in [0.2, 0.25) is 0 Å². The zero-order chi connectivity index (χ0) is 19.4. The largest absolute Gasteiger partial charge is 0.338 e. The molecule has 2 saturated carbocycles. The molecule has 0 aromatic carbocycles. The van der Waals surface area contributed by atoms with Gasteiger partial charge < -0.3 is 4.90 Å². The predicted octanol–water partition coefficient (Wildman–Crippen LogP) is 4.18. The van der Waals surface area contributed by atoms with Crippen LogP contribution in [-0.4, -0.2) is 57.6 Å². The van der Waals surface area contributed by atoms with E-state index < -0.39 is 0 Å². The Hall–Kier alpha value is -1.36. The second-order valence-corrected chi connectivity index (χ2v) is 10.7. The zero-order valence-corrected chi connectivity index (χ0v) is 17.7. The van der Waals surface area contributed by atoms with Crippen LogP contribution in [0.4, 0.5) is 0 Å². The van der Waals surface area contributed by atoms with Crippen molar-refractivity contribution in [3.63, 3.8) is 0 Å². The van der Waals surface area contributed by atoms with Gasteiger partial charge in [-0.2, -0.15) is 5.10 Å². The topological polar surface area (TPSA) is 52.2 Å². The van der Waals surface area contributed by atoms with Crippen molar-refractivity contribution in [1.29, 1.82) is 0 Å². The van der Waals surface area contributed by atoms with Crippen LogP contribution < -0.4 is 0 Å². The molecule has 3 aliphatic heterocycles. The van der Waals surface area contributed by atoms with Gasteiger partial charge in [0.15, 0.2) is 0 Å². The molecule has 0 spiro atoms. The highest BCUT2D eigenvalue weighted by Gasteiger charge is 2.48. The molecule has 0 unspecified atom stereocenters. The van der Waals surface area contributed by atoms with Crippen LogP contribution in [0, 0.1) is 17.8 Å². The Bertz CT molecular complexity index is 750. The Morgan fingerprint density at radius 2 is 1.69 bits per heavy atom. The number of aromatic amines is 1. The van der Waals surface area contributed by atoms with Crippen molar-refractivity contribution in [2.75, 3.05) is 19.6 Å². The van der Waals surface area contributed by atoms with E-state index in [9.17, 15) is 4.79 Å². The molecular weight excluding hydrogens is 360 g/mol. The van der Waals surface area contributed by atoms with E-state index in [0.29, 0.717) is 17.8 Å². The van der Waals surface area contributed by atoms with E-state index in [1.54, 1.807) is 0 Å². The maximum atomic E-state index is 13.6. The summed E-state index contributed by atoms with van der Waals surface area (Å²) in [5.74, 6) is 3.08. The first-order chi connectivity index (χ1) is 14.3. The van der Waals surface area contributed by atoms with Crippen LogP contribution in [0.1, 0.15) is 92.6 Å². The summed E-state index contributed by atoms with van der Waals surface area (Å²) in [6, 6.07) is 1.58. The first kappa shape index (κ1) is 18.4. The lowest BCUT2D eigenvalue weighted by molar-refractivity contribution is -0.0551. The van der Waals surface area contributed by atoms with Crippen LogP contribution in [-0.2, 0) is 0 Å². The first-order valence-electron chi connectivity index (χ1n) is 12.4. The summed E-state index contributed by atoms with van der Waals surface area (Å²) in [5.41, 5.74) is 1.99. The molecule has 5 fully saturated rings. The number of piperidine rings is 3. The summed E-state index contributed by atoms with van der Waals surface area (Å²) < 4.78 is 0. The van der Waals surface area contributed by atoms with Crippen LogP contribution in [0.3, 0.4) is 0 Å². The van der Waals surface area contributed by atoms with Gasteiger partial charge >= 0.3 is 0 Å². The van der Waals surface area contributed by atoms with Gasteiger partial charge in [-0.3, -0.25) is 14.8 Å². The number of likely N-dealkylation sites (tertiary alicyclic amines) is 1. The highest BCUT2D eigenvalue weighted by Crippen LogP contribution is 2.46. The van der Waals surface area contributed by atoms with Gasteiger partial charge in [0.05, 0.1) is 17.5 Å². The predicted molar refractivity (Wildman–Crippen MR) is 113 cm³/mol. The molecule has 4 heterocycles. The molecule has 1 aromatic heterocycles. The van der Waals surface area contributed by atoms with Crippen molar-refractivity contribution in [3.05, 3.63) is 17.5 Å². The number of hydrogen-bond acceptors (Lipinski definition) is 3. The van der Waals surface area contributed by atoms with Crippen LogP contribution >= 0.6 is 0 Å². The fourth-order valence-electron chi connectivity index (χ4n) is 7.34. The number of H-pyrrole nitrogens is 1. The highest BCUT2D eigenvalue weighted by molar-refractivity contribution is 5.95. The highest BCUT2D eigenvalue weighted by atomic mass is 16.2. The first-order valence-corrected chi connectivity index (χ1v) is 12.4. The quantitative estimate of drug-likeness (QED) is 0.834. The molecule has 29 heavy (non-hydrogen) atoms. The number of amides is 1. The van der Waals surface area contributed by atoms with Crippen molar-refractivity contribution in [1.82, 2.24) is 20.0 Å². The number of hydrogen-bond donors (Lipinski definition) is 1. The molecule has 2 aliphatic carbocycles. The van der Waals surface area contributed by atoms with Gasteiger partial charge in [0.25, 0.3) is 5.91 Å². The Labute approximate surface area is 174 Å². The lowest BCUT2D eigenvalue weighted by Crippen LogP contribution is -2.62. The summed E-state index contributed by atoms with van der Waals surface area (Å²) in [6.07, 6.45) is 16.5. The smallest absolute Gasteiger partial charge is 0.257 e. The molecule has 158 valence electrons. The van der Waals surface area contributed by atoms with Gasteiger partial charge in [0.2, 0.25) is 0 Å². The SMILES string of the molecule is O=C(c1cn[nH]c1C1CCCCC1)N1C[C@@H]2C[C@H](C1)[C@@H]1CCC[C@H](C3CC3)N1C2. The van der Waals surface area contributed by atoms with Gasteiger partial charge in [-0.1, -0.05) is 25.7 Å². The fraction of sp³-hybridized carbons (Fsp3) is 0.833. The number of nitrogens with one attached hydrogen (secondary N) is 1. The second kappa shape index (κ2) is 7.40. The molecule has 5 nitrogen and oxygen atoms in total. The number of carbonyl (C=O) groups is 1. The summed E-state index contributed by atoms with van der Waals surface area (Å²) >= 11 is 0. The Kier molecular flexibility index (Phi) is 4.70. The van der Waals surface area contributed by atoms with E-state index in [0.717, 1.165) is 42.3 Å². The normalized spacial score (nSPS) is 36.1. The van der Waals surface area contributed by atoms with Crippen molar-refractivity contribution in [2.45, 2.75) is 88.6 Å². The number of fused-ring (bicyclic) bond motifs is 4. The molecule has 1 N–H and O–H groups in total. The average Bonchev–Trinajstić information content (AvgIpc) is 3.49. The van der Waals surface area contributed by atoms with E-state index in [-0.39, 0.29) is 5.91 Å². The minimum Gasteiger partial charge on any atom is -0.338 e. The van der Waals surface area contributed by atoms with Gasteiger partial charge in [-0.15, -0.1) is 0 Å². The van der Waals surface area contributed by atoms with E-state index >= 15 is 0 Å². The standard InChI is InChI=1S/C24H36N4O/c29-24(20-12-25-26-23(20)18-5-2-1-3-6-18)27-13-16-11-19(15-27)22-8-4-7-21(17-9-10-17)28(22)14-16/h12,16-19,21-22H,1-11,13-15H2,(H,25,26)/t16-,19+,21+,22-/m0/s1. The Morgan fingerprint density at radius 3 is 2.48 bits per heavy atom. The molecule has 5 heteroatoms. The van der Waals surface area contributed by atoms with Crippen molar-refractivity contribution < 1.29 is 4.79 Å². The number of carbonyl (C=O) groups excluding carboxylic acids is 1. The zero-order valence-electron chi connectivity index (χ0n) is 17.7. The van der Waals surface area contributed by atoms with Gasteiger partial charge in [0, 0.05) is 37.6 Å².